The first kappa shape index (κ1) is 13.6. The monoisotopic (exact) mass is 280 g/mol. The van der Waals surface area contributed by atoms with Gasteiger partial charge in [0.15, 0.2) is 6.35 Å². The molecule has 0 radical (unpaired) electrons. The van der Waals surface area contributed by atoms with Crippen LogP contribution in [-0.4, -0.2) is 16.1 Å². The molecule has 2 aromatic carbocycles. The standard InChI is InChI=1S/C13H13O5P/c14-19(15,16)10-17-11-6-8-13(9-7-11)18-12-4-2-1-3-5-12/h1-9H,10H2,(H2,14,15,16). The minimum Gasteiger partial charge on any atom is -0.481 e. The number of para-hydroxylation sites is 1. The molecule has 19 heavy (non-hydrogen) atoms. The lowest BCUT2D eigenvalue weighted by atomic mass is 10.3. The van der Waals surface area contributed by atoms with Crippen molar-refractivity contribution in [3.8, 4) is 17.2 Å². The summed E-state index contributed by atoms with van der Waals surface area (Å²) >= 11 is 0. The van der Waals surface area contributed by atoms with E-state index in [-0.39, 0.29) is 0 Å². The van der Waals surface area contributed by atoms with Crippen molar-refractivity contribution in [2.24, 2.45) is 0 Å². The van der Waals surface area contributed by atoms with Crippen molar-refractivity contribution in [3.05, 3.63) is 54.6 Å². The quantitative estimate of drug-likeness (QED) is 0.823. The van der Waals surface area contributed by atoms with Crippen LogP contribution >= 0.6 is 7.60 Å². The third-order valence-corrected chi connectivity index (χ3v) is 2.67. The van der Waals surface area contributed by atoms with E-state index in [0.29, 0.717) is 17.2 Å². The number of ether oxygens (including phenoxy) is 2. The topological polar surface area (TPSA) is 76.0 Å². The summed E-state index contributed by atoms with van der Waals surface area (Å²) in [5, 5.41) is 0. The summed E-state index contributed by atoms with van der Waals surface area (Å²) in [5.41, 5.74) is 0. The van der Waals surface area contributed by atoms with Gasteiger partial charge in [0, 0.05) is 0 Å². The lowest BCUT2D eigenvalue weighted by Gasteiger charge is -2.09. The summed E-state index contributed by atoms with van der Waals surface area (Å²) in [6.07, 6.45) is -0.633. The fraction of sp³-hybridized carbons (Fsp3) is 0.0769. The first-order valence-electron chi connectivity index (χ1n) is 5.53. The molecule has 0 aromatic heterocycles. The molecule has 0 aliphatic carbocycles. The van der Waals surface area contributed by atoms with Gasteiger partial charge in [-0.2, -0.15) is 0 Å². The molecule has 0 spiro atoms. The third-order valence-electron chi connectivity index (χ3n) is 2.20. The smallest absolute Gasteiger partial charge is 0.362 e. The highest BCUT2D eigenvalue weighted by atomic mass is 31.2. The van der Waals surface area contributed by atoms with Crippen LogP contribution in [0.4, 0.5) is 0 Å². The van der Waals surface area contributed by atoms with Crippen LogP contribution in [0.15, 0.2) is 54.6 Å². The molecule has 0 saturated heterocycles. The SMILES string of the molecule is O=P(O)(O)COc1ccc(Oc2ccccc2)cc1. The van der Waals surface area contributed by atoms with Gasteiger partial charge in [0.2, 0.25) is 0 Å². The maximum atomic E-state index is 10.7. The summed E-state index contributed by atoms with van der Waals surface area (Å²) in [7, 11) is -4.15. The number of hydrogen-bond acceptors (Lipinski definition) is 3. The molecule has 2 N–H and O–H groups in total. The highest BCUT2D eigenvalue weighted by Crippen LogP contribution is 2.34. The van der Waals surface area contributed by atoms with Crippen molar-refractivity contribution in [3.63, 3.8) is 0 Å². The predicted octanol–water partition coefficient (Wildman–Crippen LogP) is 2.99. The third kappa shape index (κ3) is 4.75. The van der Waals surface area contributed by atoms with E-state index in [2.05, 4.69) is 0 Å². The molecule has 2 rings (SSSR count). The number of benzene rings is 2. The number of hydrogen-bond donors (Lipinski definition) is 2. The average molecular weight is 280 g/mol. The van der Waals surface area contributed by atoms with Crippen molar-refractivity contribution in [2.45, 2.75) is 0 Å². The highest BCUT2D eigenvalue weighted by Gasteiger charge is 2.13. The lowest BCUT2D eigenvalue weighted by Crippen LogP contribution is -1.97. The van der Waals surface area contributed by atoms with Gasteiger partial charge in [-0.3, -0.25) is 4.57 Å². The molecule has 100 valence electrons. The second-order valence-corrected chi connectivity index (χ2v) is 5.41. The molecule has 6 heteroatoms. The Morgan fingerprint density at radius 1 is 0.842 bits per heavy atom. The molecule has 2 aromatic rings. The average Bonchev–Trinajstić information content (AvgIpc) is 2.38. The van der Waals surface area contributed by atoms with Gasteiger partial charge < -0.3 is 19.3 Å². The minimum atomic E-state index is -4.15. The van der Waals surface area contributed by atoms with Crippen LogP contribution in [-0.2, 0) is 4.57 Å². The van der Waals surface area contributed by atoms with E-state index >= 15 is 0 Å². The van der Waals surface area contributed by atoms with Gasteiger partial charge in [0.1, 0.15) is 17.2 Å². The Bertz CT molecular complexity index is 561. The molecule has 0 atom stereocenters. The second kappa shape index (κ2) is 5.89. The Morgan fingerprint density at radius 2 is 1.37 bits per heavy atom. The maximum Gasteiger partial charge on any atom is 0.362 e. The summed E-state index contributed by atoms with van der Waals surface area (Å²) in [5.74, 6) is 1.71. The minimum absolute atomic E-state index is 0.378. The molecule has 0 bridgehead atoms. The van der Waals surface area contributed by atoms with Crippen LogP contribution < -0.4 is 9.47 Å². The Labute approximate surface area is 110 Å². The molecule has 5 nitrogen and oxygen atoms in total. The zero-order chi connectivity index (χ0) is 13.7. The Hall–Kier alpha value is -1.81. The zero-order valence-electron chi connectivity index (χ0n) is 9.97. The fourth-order valence-corrected chi connectivity index (χ4v) is 1.70. The van der Waals surface area contributed by atoms with Gasteiger partial charge in [-0.15, -0.1) is 0 Å². The van der Waals surface area contributed by atoms with Crippen LogP contribution in [0.2, 0.25) is 0 Å². The normalized spacial score (nSPS) is 11.1. The molecule has 0 unspecified atom stereocenters. The van der Waals surface area contributed by atoms with E-state index in [0.717, 1.165) is 0 Å². The van der Waals surface area contributed by atoms with Crippen molar-refractivity contribution in [1.29, 1.82) is 0 Å². The van der Waals surface area contributed by atoms with Crippen LogP contribution in [0.5, 0.6) is 17.2 Å². The Balaban J connectivity index is 1.97. The van der Waals surface area contributed by atoms with Crippen molar-refractivity contribution in [1.82, 2.24) is 0 Å². The molecule has 0 aliphatic rings. The molecule has 0 heterocycles. The van der Waals surface area contributed by atoms with Crippen LogP contribution in [0.1, 0.15) is 0 Å². The first-order valence-corrected chi connectivity index (χ1v) is 7.33. The second-order valence-electron chi connectivity index (χ2n) is 3.82. The molecule has 0 amide bonds. The molecule has 0 aliphatic heterocycles. The number of rotatable bonds is 5. The zero-order valence-corrected chi connectivity index (χ0v) is 10.9. The van der Waals surface area contributed by atoms with E-state index < -0.39 is 13.9 Å². The highest BCUT2D eigenvalue weighted by molar-refractivity contribution is 7.51. The summed E-state index contributed by atoms with van der Waals surface area (Å²) < 4.78 is 21.2. The van der Waals surface area contributed by atoms with Gasteiger partial charge >= 0.3 is 7.60 Å². The molecule has 0 fully saturated rings. The van der Waals surface area contributed by atoms with Crippen molar-refractivity contribution in [2.75, 3.05) is 6.35 Å². The van der Waals surface area contributed by atoms with E-state index in [1.54, 1.807) is 24.3 Å². The largest absolute Gasteiger partial charge is 0.481 e. The lowest BCUT2D eigenvalue weighted by molar-refractivity contribution is 0.300. The van der Waals surface area contributed by atoms with Gasteiger partial charge in [-0.05, 0) is 36.4 Å². The van der Waals surface area contributed by atoms with Crippen molar-refractivity contribution >= 4 is 7.60 Å². The van der Waals surface area contributed by atoms with Gasteiger partial charge in [0.05, 0.1) is 0 Å². The fourth-order valence-electron chi connectivity index (χ4n) is 1.39. The van der Waals surface area contributed by atoms with Gasteiger partial charge in [-0.25, -0.2) is 0 Å². The van der Waals surface area contributed by atoms with Crippen LogP contribution in [0, 0.1) is 0 Å². The first-order chi connectivity index (χ1) is 9.03. The van der Waals surface area contributed by atoms with E-state index in [9.17, 15) is 4.57 Å². The molecular weight excluding hydrogens is 267 g/mol. The van der Waals surface area contributed by atoms with Crippen LogP contribution in [0.25, 0.3) is 0 Å². The van der Waals surface area contributed by atoms with E-state index in [1.165, 1.54) is 0 Å². The Morgan fingerprint density at radius 3 is 1.95 bits per heavy atom. The predicted molar refractivity (Wildman–Crippen MR) is 70.5 cm³/mol. The summed E-state index contributed by atoms with van der Waals surface area (Å²) in [6, 6.07) is 15.8. The summed E-state index contributed by atoms with van der Waals surface area (Å²) in [6.45, 7) is 0. The molecule has 0 saturated carbocycles. The molecular formula is C13H13O5P. The van der Waals surface area contributed by atoms with Gasteiger partial charge in [0.25, 0.3) is 0 Å². The summed E-state index contributed by atoms with van der Waals surface area (Å²) in [4.78, 5) is 17.4. The van der Waals surface area contributed by atoms with E-state index in [4.69, 9.17) is 19.3 Å². The maximum absolute atomic E-state index is 10.7. The van der Waals surface area contributed by atoms with E-state index in [1.807, 2.05) is 30.3 Å². The Kier molecular flexibility index (Phi) is 4.22. The van der Waals surface area contributed by atoms with Crippen LogP contribution in [0.3, 0.4) is 0 Å². The van der Waals surface area contributed by atoms with Gasteiger partial charge in [-0.1, -0.05) is 18.2 Å². The van der Waals surface area contributed by atoms with Crippen molar-refractivity contribution < 1.29 is 23.8 Å².